The number of hydrogen-bond donors (Lipinski definition) is 0. The SMILES string of the molecule is C=C1CC2CN(C(=O)OC(C)(C)C)c3cc(OCCCCCOC)c(OC)cc3C(=O)N2C1. The second-order valence-electron chi connectivity index (χ2n) is 9.55. The van der Waals surface area contributed by atoms with Crippen LogP contribution in [0.2, 0.25) is 0 Å². The number of ether oxygens (including phenoxy) is 4. The molecule has 2 aliphatic rings. The minimum Gasteiger partial charge on any atom is -0.493 e. The molecule has 2 amide bonds. The third-order valence-corrected chi connectivity index (χ3v) is 5.68. The molecule has 0 saturated carbocycles. The van der Waals surface area contributed by atoms with Crippen LogP contribution in [0.15, 0.2) is 24.3 Å². The highest BCUT2D eigenvalue weighted by molar-refractivity contribution is 6.06. The molecule has 0 spiro atoms. The van der Waals surface area contributed by atoms with Gasteiger partial charge in [0.05, 0.1) is 37.6 Å². The highest BCUT2D eigenvalue weighted by Gasteiger charge is 2.41. The Morgan fingerprint density at radius 3 is 2.52 bits per heavy atom. The molecule has 8 heteroatoms. The zero-order chi connectivity index (χ0) is 24.2. The largest absolute Gasteiger partial charge is 0.493 e. The van der Waals surface area contributed by atoms with E-state index in [2.05, 4.69) is 6.58 Å². The number of carbonyl (C=O) groups excluding carboxylic acids is 2. The van der Waals surface area contributed by atoms with Crippen LogP contribution in [0.4, 0.5) is 10.5 Å². The minimum atomic E-state index is -0.666. The summed E-state index contributed by atoms with van der Waals surface area (Å²) in [6, 6.07) is 3.24. The molecule has 0 aliphatic carbocycles. The molecule has 8 nitrogen and oxygen atoms in total. The zero-order valence-electron chi connectivity index (χ0n) is 20.4. The average molecular weight is 461 g/mol. The molecular weight excluding hydrogens is 424 g/mol. The first-order valence-corrected chi connectivity index (χ1v) is 11.5. The number of fused-ring (bicyclic) bond motifs is 2. The smallest absolute Gasteiger partial charge is 0.414 e. The summed E-state index contributed by atoms with van der Waals surface area (Å²) in [6.07, 6.45) is 2.96. The Labute approximate surface area is 196 Å². The first kappa shape index (κ1) is 24.9. The number of carbonyl (C=O) groups is 2. The van der Waals surface area contributed by atoms with Gasteiger partial charge in [-0.15, -0.1) is 0 Å². The Hall–Kier alpha value is -2.74. The van der Waals surface area contributed by atoms with Gasteiger partial charge in [0.25, 0.3) is 5.91 Å². The summed E-state index contributed by atoms with van der Waals surface area (Å²) in [7, 11) is 3.23. The monoisotopic (exact) mass is 460 g/mol. The number of nitrogens with zero attached hydrogens (tertiary/aromatic N) is 2. The van der Waals surface area contributed by atoms with Crippen molar-refractivity contribution in [3.05, 3.63) is 29.8 Å². The Kier molecular flexibility index (Phi) is 7.89. The second-order valence-corrected chi connectivity index (χ2v) is 9.55. The van der Waals surface area contributed by atoms with Gasteiger partial charge in [0.1, 0.15) is 5.60 Å². The average Bonchev–Trinajstić information content (AvgIpc) is 3.07. The maximum absolute atomic E-state index is 13.5. The summed E-state index contributed by atoms with van der Waals surface area (Å²) in [5.41, 5.74) is 1.17. The van der Waals surface area contributed by atoms with Crippen molar-refractivity contribution >= 4 is 17.7 Å². The Balaban J connectivity index is 1.94. The topological polar surface area (TPSA) is 77.5 Å². The van der Waals surface area contributed by atoms with Gasteiger partial charge in [0.2, 0.25) is 0 Å². The summed E-state index contributed by atoms with van der Waals surface area (Å²) in [6.45, 7) is 11.6. The van der Waals surface area contributed by atoms with Gasteiger partial charge >= 0.3 is 6.09 Å². The Bertz CT molecular complexity index is 892. The molecule has 182 valence electrons. The van der Waals surface area contributed by atoms with E-state index in [1.54, 1.807) is 36.2 Å². The van der Waals surface area contributed by atoms with Crippen LogP contribution in [-0.2, 0) is 9.47 Å². The van der Waals surface area contributed by atoms with Crippen LogP contribution in [0.5, 0.6) is 11.5 Å². The van der Waals surface area contributed by atoms with Crippen molar-refractivity contribution in [3.8, 4) is 11.5 Å². The molecule has 0 bridgehead atoms. The number of rotatable bonds is 8. The molecule has 1 aromatic rings. The lowest BCUT2D eigenvalue weighted by Gasteiger charge is -2.29. The van der Waals surface area contributed by atoms with Gasteiger partial charge in [-0.25, -0.2) is 4.79 Å². The van der Waals surface area contributed by atoms with E-state index in [4.69, 9.17) is 18.9 Å². The van der Waals surface area contributed by atoms with Crippen molar-refractivity contribution < 1.29 is 28.5 Å². The summed E-state index contributed by atoms with van der Waals surface area (Å²) in [5.74, 6) is 0.805. The van der Waals surface area contributed by atoms with E-state index in [9.17, 15) is 9.59 Å². The van der Waals surface area contributed by atoms with Crippen molar-refractivity contribution in [3.63, 3.8) is 0 Å². The van der Waals surface area contributed by atoms with Crippen LogP contribution in [0, 0.1) is 0 Å². The first-order chi connectivity index (χ1) is 15.6. The maximum atomic E-state index is 13.5. The number of amides is 2. The van der Waals surface area contributed by atoms with Gasteiger partial charge in [0.15, 0.2) is 11.5 Å². The van der Waals surface area contributed by atoms with E-state index in [1.165, 1.54) is 0 Å². The van der Waals surface area contributed by atoms with Crippen LogP contribution in [0.1, 0.15) is 56.8 Å². The van der Waals surface area contributed by atoms with Crippen molar-refractivity contribution in [2.45, 2.75) is 58.1 Å². The van der Waals surface area contributed by atoms with Gasteiger partial charge in [-0.3, -0.25) is 9.69 Å². The van der Waals surface area contributed by atoms with Crippen LogP contribution < -0.4 is 14.4 Å². The summed E-state index contributed by atoms with van der Waals surface area (Å²) in [4.78, 5) is 30.0. The number of methoxy groups -OCH3 is 2. The van der Waals surface area contributed by atoms with E-state index >= 15 is 0 Å². The molecule has 1 atom stereocenters. The van der Waals surface area contributed by atoms with Gasteiger partial charge in [-0.2, -0.15) is 0 Å². The van der Waals surface area contributed by atoms with Gasteiger partial charge in [-0.1, -0.05) is 12.2 Å². The van der Waals surface area contributed by atoms with Crippen molar-refractivity contribution in [2.75, 3.05) is 45.4 Å². The fourth-order valence-electron chi connectivity index (χ4n) is 4.16. The molecule has 0 aromatic heterocycles. The molecule has 0 radical (unpaired) electrons. The Morgan fingerprint density at radius 1 is 1.12 bits per heavy atom. The van der Waals surface area contributed by atoms with Crippen molar-refractivity contribution in [1.82, 2.24) is 4.90 Å². The normalized spacial score (nSPS) is 18.0. The van der Waals surface area contributed by atoms with Gasteiger partial charge in [-0.05, 0) is 52.5 Å². The molecule has 3 rings (SSSR count). The molecular formula is C25H36N2O6. The van der Waals surface area contributed by atoms with Crippen LogP contribution in [0.3, 0.4) is 0 Å². The van der Waals surface area contributed by atoms with E-state index in [1.807, 2.05) is 20.8 Å². The molecule has 1 aromatic carbocycles. The van der Waals surface area contributed by atoms with Gasteiger partial charge in [0, 0.05) is 26.3 Å². The van der Waals surface area contributed by atoms with E-state index < -0.39 is 11.7 Å². The number of hydrogen-bond acceptors (Lipinski definition) is 6. The second kappa shape index (κ2) is 10.5. The van der Waals surface area contributed by atoms with Crippen LogP contribution >= 0.6 is 0 Å². The first-order valence-electron chi connectivity index (χ1n) is 11.5. The minimum absolute atomic E-state index is 0.149. The highest BCUT2D eigenvalue weighted by Crippen LogP contribution is 2.40. The number of benzene rings is 1. The van der Waals surface area contributed by atoms with Crippen LogP contribution in [0.25, 0.3) is 0 Å². The Morgan fingerprint density at radius 2 is 1.85 bits per heavy atom. The molecule has 1 fully saturated rings. The third-order valence-electron chi connectivity index (χ3n) is 5.68. The quantitative estimate of drug-likeness (QED) is 0.422. The summed E-state index contributed by atoms with van der Waals surface area (Å²) < 4.78 is 22.3. The lowest BCUT2D eigenvalue weighted by Crippen LogP contribution is -2.43. The number of unbranched alkanes of at least 4 members (excludes halogenated alkanes) is 2. The highest BCUT2D eigenvalue weighted by atomic mass is 16.6. The maximum Gasteiger partial charge on any atom is 0.414 e. The van der Waals surface area contributed by atoms with E-state index in [0.29, 0.717) is 48.9 Å². The fourth-order valence-corrected chi connectivity index (χ4v) is 4.16. The lowest BCUT2D eigenvalue weighted by molar-refractivity contribution is 0.0567. The molecule has 2 aliphatic heterocycles. The van der Waals surface area contributed by atoms with Gasteiger partial charge < -0.3 is 23.8 Å². The van der Waals surface area contributed by atoms with Crippen LogP contribution in [-0.4, -0.2) is 69.1 Å². The standard InChI is InChI=1S/C25H36N2O6/c1-17-12-18-16-27(24(29)33-25(2,3)4)20-14-22(32-11-9-7-8-10-30-5)21(31-6)13-19(20)23(28)26(18)15-17/h13-14,18H,1,7-12,15-16H2,2-6H3. The molecule has 1 unspecified atom stereocenters. The van der Waals surface area contributed by atoms with Crippen molar-refractivity contribution in [2.24, 2.45) is 0 Å². The van der Waals surface area contributed by atoms with E-state index in [0.717, 1.165) is 31.4 Å². The molecule has 33 heavy (non-hydrogen) atoms. The predicted molar refractivity (Wildman–Crippen MR) is 126 cm³/mol. The fraction of sp³-hybridized carbons (Fsp3) is 0.600. The third kappa shape index (κ3) is 5.99. The predicted octanol–water partition coefficient (Wildman–Crippen LogP) is 4.42. The molecule has 2 heterocycles. The summed E-state index contributed by atoms with van der Waals surface area (Å²) in [5, 5.41) is 0. The van der Waals surface area contributed by atoms with Crippen molar-refractivity contribution in [1.29, 1.82) is 0 Å². The van der Waals surface area contributed by atoms with E-state index in [-0.39, 0.29) is 11.9 Å². The summed E-state index contributed by atoms with van der Waals surface area (Å²) >= 11 is 0. The number of anilines is 1. The molecule has 0 N–H and O–H groups in total. The zero-order valence-corrected chi connectivity index (χ0v) is 20.4. The lowest BCUT2D eigenvalue weighted by atomic mass is 10.1. The molecule has 1 saturated heterocycles.